The van der Waals surface area contributed by atoms with Crippen LogP contribution in [0.5, 0.6) is 0 Å². The molecule has 7 nitrogen and oxygen atoms in total. The predicted octanol–water partition coefficient (Wildman–Crippen LogP) is 3.21. The smallest absolute Gasteiger partial charge is 0.295 e. The quantitative estimate of drug-likeness (QED) is 0.723. The first-order chi connectivity index (χ1) is 13.0. The second kappa shape index (κ2) is 7.94. The van der Waals surface area contributed by atoms with Crippen molar-refractivity contribution in [3.63, 3.8) is 0 Å². The number of benzene rings is 1. The Balaban J connectivity index is 1.75. The van der Waals surface area contributed by atoms with E-state index in [1.54, 1.807) is 31.3 Å². The van der Waals surface area contributed by atoms with Crippen molar-refractivity contribution >= 4 is 17.4 Å². The zero-order valence-electron chi connectivity index (χ0n) is 15.5. The van der Waals surface area contributed by atoms with Crippen molar-refractivity contribution in [1.82, 2.24) is 19.7 Å². The molecule has 0 unspecified atom stereocenters. The third kappa shape index (κ3) is 4.11. The maximum Gasteiger partial charge on any atom is 0.295 e. The lowest BCUT2D eigenvalue weighted by Crippen LogP contribution is -2.23. The largest absolute Gasteiger partial charge is 0.357 e. The summed E-state index contributed by atoms with van der Waals surface area (Å²) in [5.74, 6) is 0.644. The van der Waals surface area contributed by atoms with E-state index in [1.807, 2.05) is 6.07 Å². The van der Waals surface area contributed by atoms with Crippen LogP contribution in [0.1, 0.15) is 30.3 Å². The zero-order chi connectivity index (χ0) is 19.4. The van der Waals surface area contributed by atoms with Gasteiger partial charge in [0.15, 0.2) is 0 Å². The summed E-state index contributed by atoms with van der Waals surface area (Å²) in [5, 5.41) is 6.96. The van der Waals surface area contributed by atoms with Gasteiger partial charge in [0.25, 0.3) is 5.91 Å². The lowest BCUT2D eigenvalue weighted by molar-refractivity contribution is 0.101. The van der Waals surface area contributed by atoms with Crippen LogP contribution in [0.2, 0.25) is 0 Å². The van der Waals surface area contributed by atoms with Crippen LogP contribution in [0.25, 0.3) is 5.69 Å². The van der Waals surface area contributed by atoms with E-state index in [2.05, 4.69) is 39.1 Å². The Morgan fingerprint density at radius 1 is 1.15 bits per heavy atom. The highest BCUT2D eigenvalue weighted by molar-refractivity contribution is 6.01. The van der Waals surface area contributed by atoms with Gasteiger partial charge in [-0.25, -0.2) is 19.0 Å². The number of rotatable bonds is 6. The molecule has 0 radical (unpaired) electrons. The molecule has 0 aliphatic carbocycles. The average molecular weight is 368 g/mol. The van der Waals surface area contributed by atoms with Gasteiger partial charge in [-0.3, -0.25) is 4.79 Å². The molecule has 0 bridgehead atoms. The number of aromatic nitrogens is 4. The second-order valence-corrected chi connectivity index (χ2v) is 5.90. The number of amides is 1. The molecule has 0 saturated carbocycles. The first-order valence-corrected chi connectivity index (χ1v) is 8.73. The molecule has 0 saturated heterocycles. The number of carbonyl (C=O) groups is 1. The summed E-state index contributed by atoms with van der Waals surface area (Å²) in [7, 11) is 0. The third-order valence-corrected chi connectivity index (χ3v) is 4.14. The van der Waals surface area contributed by atoms with E-state index in [1.165, 1.54) is 16.8 Å². The molecule has 27 heavy (non-hydrogen) atoms. The fourth-order valence-electron chi connectivity index (χ4n) is 2.69. The first-order valence-electron chi connectivity index (χ1n) is 8.73. The summed E-state index contributed by atoms with van der Waals surface area (Å²) in [6, 6.07) is 9.47. The van der Waals surface area contributed by atoms with Gasteiger partial charge >= 0.3 is 0 Å². The van der Waals surface area contributed by atoms with Gasteiger partial charge < -0.3 is 10.2 Å². The van der Waals surface area contributed by atoms with Gasteiger partial charge in [0, 0.05) is 13.1 Å². The fraction of sp³-hybridized carbons (Fsp3) is 0.263. The first kappa shape index (κ1) is 18.5. The monoisotopic (exact) mass is 368 g/mol. The molecule has 2 aromatic heterocycles. The average Bonchev–Trinajstić information content (AvgIpc) is 3.06. The molecular formula is C19H21FN6O. The molecule has 1 aromatic carbocycles. The van der Waals surface area contributed by atoms with Gasteiger partial charge in [-0.1, -0.05) is 0 Å². The molecule has 8 heteroatoms. The minimum absolute atomic E-state index is 0.0321. The summed E-state index contributed by atoms with van der Waals surface area (Å²) in [5.41, 5.74) is 1.19. The van der Waals surface area contributed by atoms with E-state index < -0.39 is 5.91 Å². The van der Waals surface area contributed by atoms with E-state index >= 15 is 0 Å². The number of nitrogens with one attached hydrogen (secondary N) is 1. The van der Waals surface area contributed by atoms with E-state index in [0.717, 1.165) is 18.9 Å². The lowest BCUT2D eigenvalue weighted by atomic mass is 10.3. The number of aryl methyl sites for hydroxylation is 1. The van der Waals surface area contributed by atoms with Crippen molar-refractivity contribution in [3.05, 3.63) is 60.1 Å². The molecule has 1 amide bonds. The predicted molar refractivity (Wildman–Crippen MR) is 102 cm³/mol. The highest BCUT2D eigenvalue weighted by Gasteiger charge is 2.16. The Labute approximate surface area is 156 Å². The molecule has 140 valence electrons. The summed E-state index contributed by atoms with van der Waals surface area (Å²) in [6.45, 7) is 7.57. The highest BCUT2D eigenvalue weighted by Crippen LogP contribution is 2.15. The van der Waals surface area contributed by atoms with Crippen molar-refractivity contribution in [3.8, 4) is 5.69 Å². The Kier molecular flexibility index (Phi) is 5.44. The standard InChI is InChI=1S/C19H21FN6O/c1-4-25(5-2)17-11-8-15(12-21-17)23-19(27)18-22-13(3)26(24-18)16-9-6-14(20)7-10-16/h6-12H,4-5H2,1-3H3,(H,23,27). The molecule has 3 rings (SSSR count). The van der Waals surface area contributed by atoms with Gasteiger partial charge in [-0.2, -0.15) is 0 Å². The third-order valence-electron chi connectivity index (χ3n) is 4.14. The number of anilines is 2. The molecule has 0 aliphatic rings. The van der Waals surface area contributed by atoms with Crippen molar-refractivity contribution < 1.29 is 9.18 Å². The van der Waals surface area contributed by atoms with Gasteiger partial charge in [-0.05, 0) is 57.2 Å². The normalized spacial score (nSPS) is 10.7. The second-order valence-electron chi connectivity index (χ2n) is 5.90. The van der Waals surface area contributed by atoms with Gasteiger partial charge in [-0.15, -0.1) is 5.10 Å². The maximum atomic E-state index is 13.1. The van der Waals surface area contributed by atoms with Crippen LogP contribution in [0.3, 0.4) is 0 Å². The van der Waals surface area contributed by atoms with E-state index in [9.17, 15) is 9.18 Å². The van der Waals surface area contributed by atoms with Crippen molar-refractivity contribution in [2.45, 2.75) is 20.8 Å². The van der Waals surface area contributed by atoms with Gasteiger partial charge in [0.2, 0.25) is 5.82 Å². The molecule has 0 aliphatic heterocycles. The van der Waals surface area contributed by atoms with Gasteiger partial charge in [0.05, 0.1) is 17.6 Å². The van der Waals surface area contributed by atoms with E-state index in [4.69, 9.17) is 0 Å². The van der Waals surface area contributed by atoms with Crippen molar-refractivity contribution in [2.75, 3.05) is 23.3 Å². The molecule has 0 atom stereocenters. The Hall–Kier alpha value is -3.29. The van der Waals surface area contributed by atoms with Crippen LogP contribution < -0.4 is 10.2 Å². The van der Waals surface area contributed by atoms with E-state index in [-0.39, 0.29) is 11.6 Å². The van der Waals surface area contributed by atoms with Crippen LogP contribution in [0.15, 0.2) is 42.6 Å². The minimum Gasteiger partial charge on any atom is -0.357 e. The summed E-state index contributed by atoms with van der Waals surface area (Å²) < 4.78 is 14.6. The van der Waals surface area contributed by atoms with Crippen LogP contribution in [-0.4, -0.2) is 38.7 Å². The summed E-state index contributed by atoms with van der Waals surface area (Å²) in [4.78, 5) is 23.1. The summed E-state index contributed by atoms with van der Waals surface area (Å²) in [6.07, 6.45) is 1.61. The zero-order valence-corrected chi connectivity index (χ0v) is 15.5. The molecular weight excluding hydrogens is 347 g/mol. The molecule has 0 fully saturated rings. The Bertz CT molecular complexity index is 916. The fourth-order valence-corrected chi connectivity index (χ4v) is 2.69. The van der Waals surface area contributed by atoms with E-state index in [0.29, 0.717) is 17.2 Å². The molecule has 3 aromatic rings. The lowest BCUT2D eigenvalue weighted by Gasteiger charge is -2.19. The molecule has 0 spiro atoms. The minimum atomic E-state index is -0.434. The summed E-state index contributed by atoms with van der Waals surface area (Å²) >= 11 is 0. The highest BCUT2D eigenvalue weighted by atomic mass is 19.1. The Morgan fingerprint density at radius 3 is 2.44 bits per heavy atom. The Morgan fingerprint density at radius 2 is 1.85 bits per heavy atom. The molecule has 2 heterocycles. The van der Waals surface area contributed by atoms with Crippen molar-refractivity contribution in [1.29, 1.82) is 0 Å². The number of carbonyl (C=O) groups excluding carboxylic acids is 1. The topological polar surface area (TPSA) is 75.9 Å². The number of halogens is 1. The number of hydrogen-bond donors (Lipinski definition) is 1. The van der Waals surface area contributed by atoms with Crippen LogP contribution in [0.4, 0.5) is 15.9 Å². The maximum absolute atomic E-state index is 13.1. The number of nitrogens with zero attached hydrogens (tertiary/aromatic N) is 5. The van der Waals surface area contributed by atoms with Crippen LogP contribution >= 0.6 is 0 Å². The van der Waals surface area contributed by atoms with Crippen LogP contribution in [0, 0.1) is 12.7 Å². The number of pyridine rings is 1. The molecule has 1 N–H and O–H groups in total. The van der Waals surface area contributed by atoms with Crippen LogP contribution in [-0.2, 0) is 0 Å². The van der Waals surface area contributed by atoms with Gasteiger partial charge in [0.1, 0.15) is 17.5 Å². The number of hydrogen-bond acceptors (Lipinski definition) is 5. The van der Waals surface area contributed by atoms with Crippen molar-refractivity contribution in [2.24, 2.45) is 0 Å². The SMILES string of the molecule is CCN(CC)c1ccc(NC(=O)c2nc(C)n(-c3ccc(F)cc3)n2)cn1.